The second-order valence-corrected chi connectivity index (χ2v) is 6.59. The Kier molecular flexibility index (Phi) is 5.26. The molecule has 0 atom stereocenters. The average molecular weight is 266 g/mol. The zero-order valence-electron chi connectivity index (χ0n) is 12.9. The number of carbonyl (C=O) groups is 1. The van der Waals surface area contributed by atoms with E-state index in [1.54, 1.807) is 0 Å². The van der Waals surface area contributed by atoms with Crippen LogP contribution in [0.2, 0.25) is 0 Å². The Bertz CT molecular complexity index is 287. The largest absolute Gasteiger partial charge is 0.342 e. The van der Waals surface area contributed by atoms with Crippen molar-refractivity contribution in [2.75, 3.05) is 32.7 Å². The minimum Gasteiger partial charge on any atom is -0.342 e. The first-order valence-corrected chi connectivity index (χ1v) is 8.13. The fourth-order valence-corrected chi connectivity index (χ4v) is 3.70. The van der Waals surface area contributed by atoms with Gasteiger partial charge in [0.1, 0.15) is 0 Å². The highest BCUT2D eigenvalue weighted by Gasteiger charge is 2.30. The van der Waals surface area contributed by atoms with Crippen LogP contribution in [0.1, 0.15) is 46.5 Å². The molecule has 0 unspecified atom stereocenters. The second kappa shape index (κ2) is 6.74. The summed E-state index contributed by atoms with van der Waals surface area (Å²) in [5, 5.41) is 0. The predicted octanol–water partition coefficient (Wildman–Crippen LogP) is 2.61. The van der Waals surface area contributed by atoms with E-state index in [0.29, 0.717) is 5.91 Å². The number of amides is 1. The Hall–Kier alpha value is -0.570. The van der Waals surface area contributed by atoms with Crippen LogP contribution in [0.5, 0.6) is 0 Å². The third-order valence-corrected chi connectivity index (χ3v) is 5.09. The topological polar surface area (TPSA) is 23.6 Å². The molecule has 3 heteroatoms. The molecule has 0 N–H and O–H groups in total. The van der Waals surface area contributed by atoms with Gasteiger partial charge < -0.3 is 9.80 Å². The summed E-state index contributed by atoms with van der Waals surface area (Å²) in [7, 11) is 0. The van der Waals surface area contributed by atoms with E-state index in [-0.39, 0.29) is 5.92 Å². The molecule has 0 saturated carbocycles. The zero-order valence-corrected chi connectivity index (χ0v) is 12.9. The molecule has 3 nitrogen and oxygen atoms in total. The molecule has 2 aliphatic heterocycles. The molecular formula is C16H30N2O. The van der Waals surface area contributed by atoms with Gasteiger partial charge in [-0.25, -0.2) is 0 Å². The Morgan fingerprint density at radius 3 is 1.89 bits per heavy atom. The SMILES string of the molecule is CCN1CCC(C2CCN(C(=O)C(C)C)CC2)CC1. The van der Waals surface area contributed by atoms with Crippen molar-refractivity contribution in [1.29, 1.82) is 0 Å². The lowest BCUT2D eigenvalue weighted by atomic mass is 9.78. The molecule has 0 aromatic carbocycles. The van der Waals surface area contributed by atoms with Gasteiger partial charge in [0.05, 0.1) is 0 Å². The maximum absolute atomic E-state index is 12.0. The van der Waals surface area contributed by atoms with Crippen molar-refractivity contribution in [3.05, 3.63) is 0 Å². The number of hydrogen-bond acceptors (Lipinski definition) is 2. The maximum atomic E-state index is 12.0. The molecule has 0 aliphatic carbocycles. The monoisotopic (exact) mass is 266 g/mol. The zero-order chi connectivity index (χ0) is 13.8. The van der Waals surface area contributed by atoms with Crippen molar-refractivity contribution < 1.29 is 4.79 Å². The fraction of sp³-hybridized carbons (Fsp3) is 0.938. The standard InChI is InChI=1S/C16H30N2O/c1-4-17-9-5-14(6-10-17)15-7-11-18(12-8-15)16(19)13(2)3/h13-15H,4-12H2,1-3H3. The van der Waals surface area contributed by atoms with Gasteiger partial charge in [-0.3, -0.25) is 4.79 Å². The highest BCUT2D eigenvalue weighted by atomic mass is 16.2. The predicted molar refractivity (Wildman–Crippen MR) is 79.0 cm³/mol. The number of rotatable bonds is 3. The first kappa shape index (κ1) is 14.8. The lowest BCUT2D eigenvalue weighted by Crippen LogP contribution is -2.43. The Labute approximate surface area is 118 Å². The lowest BCUT2D eigenvalue weighted by Gasteiger charge is -2.40. The van der Waals surface area contributed by atoms with Crippen molar-refractivity contribution in [2.45, 2.75) is 46.5 Å². The van der Waals surface area contributed by atoms with E-state index in [0.717, 1.165) is 24.9 Å². The fourth-order valence-electron chi connectivity index (χ4n) is 3.70. The maximum Gasteiger partial charge on any atom is 0.225 e. The normalized spacial score (nSPS) is 24.1. The van der Waals surface area contributed by atoms with Gasteiger partial charge in [0.2, 0.25) is 5.91 Å². The molecule has 2 heterocycles. The van der Waals surface area contributed by atoms with Crippen LogP contribution in [0.25, 0.3) is 0 Å². The lowest BCUT2D eigenvalue weighted by molar-refractivity contribution is -0.136. The van der Waals surface area contributed by atoms with Gasteiger partial charge >= 0.3 is 0 Å². The summed E-state index contributed by atoms with van der Waals surface area (Å²) < 4.78 is 0. The van der Waals surface area contributed by atoms with Crippen LogP contribution in [-0.2, 0) is 4.79 Å². The number of hydrogen-bond donors (Lipinski definition) is 0. The molecule has 0 bridgehead atoms. The van der Waals surface area contributed by atoms with Crippen molar-refractivity contribution in [3.63, 3.8) is 0 Å². The first-order chi connectivity index (χ1) is 9.11. The molecule has 110 valence electrons. The van der Waals surface area contributed by atoms with Gasteiger partial charge in [0, 0.05) is 19.0 Å². The number of piperidine rings is 2. The van der Waals surface area contributed by atoms with Crippen LogP contribution in [0.4, 0.5) is 0 Å². The minimum absolute atomic E-state index is 0.157. The van der Waals surface area contributed by atoms with E-state index in [4.69, 9.17) is 0 Å². The summed E-state index contributed by atoms with van der Waals surface area (Å²) in [6, 6.07) is 0. The molecule has 2 fully saturated rings. The quantitative estimate of drug-likeness (QED) is 0.784. The van der Waals surface area contributed by atoms with Crippen LogP contribution in [0.3, 0.4) is 0 Å². The molecule has 0 aromatic heterocycles. The highest BCUT2D eigenvalue weighted by Crippen LogP contribution is 2.32. The number of carbonyl (C=O) groups excluding carboxylic acids is 1. The van der Waals surface area contributed by atoms with Gasteiger partial charge in [0.15, 0.2) is 0 Å². The molecule has 19 heavy (non-hydrogen) atoms. The minimum atomic E-state index is 0.157. The molecule has 0 spiro atoms. The van der Waals surface area contributed by atoms with Crippen molar-refractivity contribution >= 4 is 5.91 Å². The molecule has 1 amide bonds. The molecule has 0 radical (unpaired) electrons. The summed E-state index contributed by atoms with van der Waals surface area (Å²) in [5.74, 6) is 2.29. The van der Waals surface area contributed by atoms with Crippen LogP contribution < -0.4 is 0 Å². The highest BCUT2D eigenvalue weighted by molar-refractivity contribution is 5.78. The van der Waals surface area contributed by atoms with E-state index >= 15 is 0 Å². The summed E-state index contributed by atoms with van der Waals surface area (Å²) in [6.07, 6.45) is 5.21. The van der Waals surface area contributed by atoms with Gasteiger partial charge in [0.25, 0.3) is 0 Å². The van der Waals surface area contributed by atoms with Crippen molar-refractivity contribution in [2.24, 2.45) is 17.8 Å². The van der Waals surface area contributed by atoms with Gasteiger partial charge in [-0.2, -0.15) is 0 Å². The third kappa shape index (κ3) is 3.71. The molecule has 2 saturated heterocycles. The van der Waals surface area contributed by atoms with E-state index in [1.807, 2.05) is 13.8 Å². The van der Waals surface area contributed by atoms with E-state index in [1.165, 1.54) is 45.3 Å². The van der Waals surface area contributed by atoms with E-state index in [9.17, 15) is 4.79 Å². The van der Waals surface area contributed by atoms with E-state index < -0.39 is 0 Å². The Balaban J connectivity index is 1.76. The molecular weight excluding hydrogens is 236 g/mol. The van der Waals surface area contributed by atoms with Crippen LogP contribution in [0, 0.1) is 17.8 Å². The Morgan fingerprint density at radius 1 is 1.00 bits per heavy atom. The summed E-state index contributed by atoms with van der Waals surface area (Å²) in [4.78, 5) is 16.6. The van der Waals surface area contributed by atoms with Gasteiger partial charge in [-0.15, -0.1) is 0 Å². The third-order valence-electron chi connectivity index (χ3n) is 5.09. The van der Waals surface area contributed by atoms with Gasteiger partial charge in [-0.05, 0) is 57.2 Å². The molecule has 2 aliphatic rings. The van der Waals surface area contributed by atoms with Crippen LogP contribution in [0.15, 0.2) is 0 Å². The van der Waals surface area contributed by atoms with E-state index in [2.05, 4.69) is 16.7 Å². The smallest absolute Gasteiger partial charge is 0.225 e. The van der Waals surface area contributed by atoms with Crippen molar-refractivity contribution in [1.82, 2.24) is 9.80 Å². The summed E-state index contributed by atoms with van der Waals surface area (Å²) in [5.41, 5.74) is 0. The van der Waals surface area contributed by atoms with Crippen LogP contribution in [-0.4, -0.2) is 48.4 Å². The average Bonchev–Trinajstić information content (AvgIpc) is 2.46. The Morgan fingerprint density at radius 2 is 1.47 bits per heavy atom. The summed E-state index contributed by atoms with van der Waals surface area (Å²) in [6.45, 7) is 12.0. The molecule has 2 rings (SSSR count). The summed E-state index contributed by atoms with van der Waals surface area (Å²) >= 11 is 0. The van der Waals surface area contributed by atoms with Crippen LogP contribution >= 0.6 is 0 Å². The first-order valence-electron chi connectivity index (χ1n) is 8.13. The van der Waals surface area contributed by atoms with Gasteiger partial charge in [-0.1, -0.05) is 20.8 Å². The second-order valence-electron chi connectivity index (χ2n) is 6.59. The number of likely N-dealkylation sites (tertiary alicyclic amines) is 2. The molecule has 0 aromatic rings. The van der Waals surface area contributed by atoms with Crippen molar-refractivity contribution in [3.8, 4) is 0 Å². The number of nitrogens with zero attached hydrogens (tertiary/aromatic N) is 2.